The Hall–Kier alpha value is -1.43. The van der Waals surface area contributed by atoms with Crippen LogP contribution in [0.4, 0.5) is 0 Å². The molecule has 0 atom stereocenters. The van der Waals surface area contributed by atoms with Gasteiger partial charge in [-0.3, -0.25) is 4.90 Å². The van der Waals surface area contributed by atoms with Gasteiger partial charge in [0.15, 0.2) is 5.82 Å². The Balaban J connectivity index is 2.10. The molecule has 0 fully saturated rings. The van der Waals surface area contributed by atoms with Gasteiger partial charge >= 0.3 is 0 Å². The van der Waals surface area contributed by atoms with Crippen molar-refractivity contribution >= 4 is 11.6 Å². The molecule has 1 aromatic heterocycles. The monoisotopic (exact) mass is 295 g/mol. The van der Waals surface area contributed by atoms with Crippen molar-refractivity contribution in [2.24, 2.45) is 0 Å². The normalized spacial score (nSPS) is 11.5. The molecule has 1 N–H and O–H groups in total. The number of hydrogen-bond acceptors (Lipinski definition) is 5. The highest BCUT2D eigenvalue weighted by molar-refractivity contribution is 6.30. The number of nitrogens with zero attached hydrogens (tertiary/aromatic N) is 3. The number of halogens is 1. The predicted octanol–water partition coefficient (Wildman–Crippen LogP) is 2.59. The lowest BCUT2D eigenvalue weighted by Crippen LogP contribution is -2.33. The van der Waals surface area contributed by atoms with Crippen molar-refractivity contribution in [3.8, 4) is 11.5 Å². The summed E-state index contributed by atoms with van der Waals surface area (Å²) in [5.41, 5.74) is 0.839. The zero-order valence-electron chi connectivity index (χ0n) is 11.6. The van der Waals surface area contributed by atoms with E-state index in [1.165, 1.54) is 0 Å². The average Bonchev–Trinajstić information content (AvgIpc) is 2.87. The first kappa shape index (κ1) is 15.0. The molecule has 0 aliphatic rings. The molecule has 0 saturated heterocycles. The van der Waals surface area contributed by atoms with E-state index in [0.29, 0.717) is 35.9 Å². The van der Waals surface area contributed by atoms with Crippen LogP contribution in [0.15, 0.2) is 28.8 Å². The smallest absolute Gasteiger partial charge is 0.257 e. The molecule has 0 unspecified atom stereocenters. The van der Waals surface area contributed by atoms with Gasteiger partial charge in [-0.2, -0.15) is 4.98 Å². The molecule has 108 valence electrons. The van der Waals surface area contributed by atoms with E-state index in [2.05, 4.69) is 28.9 Å². The van der Waals surface area contributed by atoms with Crippen molar-refractivity contribution in [1.29, 1.82) is 0 Å². The molecule has 2 aromatic rings. The molecule has 0 radical (unpaired) electrons. The lowest BCUT2D eigenvalue weighted by Gasteiger charge is -2.23. The van der Waals surface area contributed by atoms with E-state index in [1.54, 1.807) is 12.1 Å². The van der Waals surface area contributed by atoms with E-state index < -0.39 is 0 Å². The van der Waals surface area contributed by atoms with Crippen LogP contribution in [0.5, 0.6) is 0 Å². The van der Waals surface area contributed by atoms with Crippen molar-refractivity contribution in [2.75, 3.05) is 13.2 Å². The minimum Gasteiger partial charge on any atom is -0.395 e. The van der Waals surface area contributed by atoms with Crippen LogP contribution in [0.25, 0.3) is 11.5 Å². The Bertz CT molecular complexity index is 540. The van der Waals surface area contributed by atoms with E-state index in [-0.39, 0.29) is 6.61 Å². The van der Waals surface area contributed by atoms with E-state index >= 15 is 0 Å². The van der Waals surface area contributed by atoms with Gasteiger partial charge < -0.3 is 9.63 Å². The summed E-state index contributed by atoms with van der Waals surface area (Å²) < 4.78 is 5.26. The van der Waals surface area contributed by atoms with Crippen LogP contribution < -0.4 is 0 Å². The molecule has 2 rings (SSSR count). The number of aromatic nitrogens is 2. The van der Waals surface area contributed by atoms with Crippen LogP contribution in [-0.2, 0) is 6.54 Å². The second-order valence-electron chi connectivity index (χ2n) is 4.81. The Morgan fingerprint density at radius 2 is 2.00 bits per heavy atom. The Morgan fingerprint density at radius 3 is 2.60 bits per heavy atom. The second-order valence-corrected chi connectivity index (χ2v) is 5.25. The summed E-state index contributed by atoms with van der Waals surface area (Å²) in [7, 11) is 0. The highest BCUT2D eigenvalue weighted by atomic mass is 35.5. The highest BCUT2D eigenvalue weighted by Gasteiger charge is 2.14. The van der Waals surface area contributed by atoms with E-state index in [9.17, 15) is 0 Å². The molecule has 0 aliphatic heterocycles. The third-order valence-corrected chi connectivity index (χ3v) is 3.27. The number of aliphatic hydroxyl groups excluding tert-OH is 1. The van der Waals surface area contributed by atoms with Crippen molar-refractivity contribution in [3.05, 3.63) is 35.1 Å². The Morgan fingerprint density at radius 1 is 1.30 bits per heavy atom. The van der Waals surface area contributed by atoms with Gasteiger partial charge in [-0.15, -0.1) is 0 Å². The van der Waals surface area contributed by atoms with Crippen molar-refractivity contribution < 1.29 is 9.63 Å². The number of hydrogen-bond donors (Lipinski definition) is 1. The van der Waals surface area contributed by atoms with Crippen molar-refractivity contribution in [1.82, 2.24) is 15.0 Å². The molecular weight excluding hydrogens is 278 g/mol. The summed E-state index contributed by atoms with van der Waals surface area (Å²) in [5.74, 6) is 1.08. The maximum absolute atomic E-state index is 9.05. The topological polar surface area (TPSA) is 62.4 Å². The highest BCUT2D eigenvalue weighted by Crippen LogP contribution is 2.20. The number of benzene rings is 1. The predicted molar refractivity (Wildman–Crippen MR) is 77.4 cm³/mol. The first-order valence-electron chi connectivity index (χ1n) is 6.53. The van der Waals surface area contributed by atoms with E-state index in [4.69, 9.17) is 21.2 Å². The molecule has 0 aliphatic carbocycles. The summed E-state index contributed by atoms with van der Waals surface area (Å²) in [5, 5.41) is 13.7. The van der Waals surface area contributed by atoms with Crippen LogP contribution in [0.3, 0.4) is 0 Å². The third kappa shape index (κ3) is 3.79. The third-order valence-electron chi connectivity index (χ3n) is 3.02. The Kier molecular flexibility index (Phi) is 5.11. The molecule has 0 amide bonds. The second kappa shape index (κ2) is 6.83. The fourth-order valence-electron chi connectivity index (χ4n) is 1.86. The Labute approximate surface area is 123 Å². The maximum atomic E-state index is 9.05. The van der Waals surface area contributed by atoms with Gasteiger partial charge in [0.05, 0.1) is 13.2 Å². The van der Waals surface area contributed by atoms with Crippen LogP contribution >= 0.6 is 11.6 Å². The number of aliphatic hydroxyl groups is 1. The van der Waals surface area contributed by atoms with Crippen LogP contribution in [0, 0.1) is 0 Å². The standard InChI is InChI=1S/C14H18ClN3O2/c1-10(2)18(7-8-19)9-13-16-14(20-17-13)11-3-5-12(15)6-4-11/h3-6,10,19H,7-9H2,1-2H3. The fourth-order valence-corrected chi connectivity index (χ4v) is 1.98. The van der Waals surface area contributed by atoms with Crippen LogP contribution in [-0.4, -0.2) is 39.3 Å². The van der Waals surface area contributed by atoms with Gasteiger partial charge in [0, 0.05) is 23.2 Å². The summed E-state index contributed by atoms with van der Waals surface area (Å²) in [6.07, 6.45) is 0. The van der Waals surface area contributed by atoms with Gasteiger partial charge in [0.25, 0.3) is 5.89 Å². The largest absolute Gasteiger partial charge is 0.395 e. The molecule has 0 bridgehead atoms. The maximum Gasteiger partial charge on any atom is 0.257 e. The first-order valence-corrected chi connectivity index (χ1v) is 6.91. The fraction of sp³-hybridized carbons (Fsp3) is 0.429. The average molecular weight is 296 g/mol. The summed E-state index contributed by atoms with van der Waals surface area (Å²) >= 11 is 5.85. The van der Waals surface area contributed by atoms with Crippen LogP contribution in [0.2, 0.25) is 5.02 Å². The van der Waals surface area contributed by atoms with E-state index in [1.807, 2.05) is 12.1 Å². The molecule has 0 saturated carbocycles. The molecule has 5 nitrogen and oxygen atoms in total. The van der Waals surface area contributed by atoms with Gasteiger partial charge in [-0.05, 0) is 38.1 Å². The van der Waals surface area contributed by atoms with Gasteiger partial charge in [-0.25, -0.2) is 0 Å². The van der Waals surface area contributed by atoms with Crippen molar-refractivity contribution in [2.45, 2.75) is 26.4 Å². The van der Waals surface area contributed by atoms with Gasteiger partial charge in [-0.1, -0.05) is 16.8 Å². The lowest BCUT2D eigenvalue weighted by atomic mass is 10.2. The zero-order valence-corrected chi connectivity index (χ0v) is 12.3. The minimum atomic E-state index is 0.111. The van der Waals surface area contributed by atoms with Crippen LogP contribution in [0.1, 0.15) is 19.7 Å². The lowest BCUT2D eigenvalue weighted by molar-refractivity contribution is 0.155. The molecule has 6 heteroatoms. The molecule has 1 aromatic carbocycles. The molecule has 20 heavy (non-hydrogen) atoms. The van der Waals surface area contributed by atoms with Gasteiger partial charge in [0.1, 0.15) is 0 Å². The van der Waals surface area contributed by atoms with E-state index in [0.717, 1.165) is 5.56 Å². The SMILES string of the molecule is CC(C)N(CCO)Cc1noc(-c2ccc(Cl)cc2)n1. The summed E-state index contributed by atoms with van der Waals surface area (Å²) in [6, 6.07) is 7.56. The first-order chi connectivity index (χ1) is 9.60. The summed E-state index contributed by atoms with van der Waals surface area (Å²) in [6.45, 7) is 5.38. The zero-order chi connectivity index (χ0) is 14.5. The molecular formula is C14H18ClN3O2. The van der Waals surface area contributed by atoms with Crippen molar-refractivity contribution in [3.63, 3.8) is 0 Å². The molecule has 0 spiro atoms. The number of rotatable bonds is 6. The summed E-state index contributed by atoms with van der Waals surface area (Å²) in [4.78, 5) is 6.45. The molecule has 1 heterocycles. The minimum absolute atomic E-state index is 0.111. The van der Waals surface area contributed by atoms with Gasteiger partial charge in [0.2, 0.25) is 0 Å². The quantitative estimate of drug-likeness (QED) is 0.887.